The third-order valence-corrected chi connectivity index (χ3v) is 4.69. The Kier molecular flexibility index (Phi) is 5.51. The molecule has 2 aromatic carbocycles. The fourth-order valence-electron chi connectivity index (χ4n) is 3.46. The predicted molar refractivity (Wildman–Crippen MR) is 93.9 cm³/mol. The lowest BCUT2D eigenvalue weighted by molar-refractivity contribution is 0.115. The van der Waals surface area contributed by atoms with Gasteiger partial charge in [-0.05, 0) is 42.1 Å². The number of hydrogen-bond acceptors (Lipinski definition) is 4. The molecule has 1 aliphatic carbocycles. The molecule has 0 aromatic heterocycles. The second-order valence-electron chi connectivity index (χ2n) is 6.19. The van der Waals surface area contributed by atoms with E-state index < -0.39 is 6.10 Å². The zero-order chi connectivity index (χ0) is 16.9. The molecule has 4 nitrogen and oxygen atoms in total. The molecule has 0 amide bonds. The van der Waals surface area contributed by atoms with E-state index in [4.69, 9.17) is 4.74 Å². The molecule has 3 N–H and O–H groups in total. The third-order valence-electron chi connectivity index (χ3n) is 4.69. The Morgan fingerprint density at radius 1 is 1.17 bits per heavy atom. The number of hydrogen-bond donors (Lipinski definition) is 3. The van der Waals surface area contributed by atoms with Crippen LogP contribution in [-0.4, -0.2) is 22.8 Å². The Hall–Kier alpha value is -1.88. The summed E-state index contributed by atoms with van der Waals surface area (Å²) in [5.74, 6) is 0.703. The second-order valence-corrected chi connectivity index (χ2v) is 6.19. The molecule has 0 aliphatic heterocycles. The average molecular weight is 327 g/mol. The highest BCUT2D eigenvalue weighted by atomic mass is 16.5. The summed E-state index contributed by atoms with van der Waals surface area (Å²) in [5.41, 5.74) is 3.83. The minimum absolute atomic E-state index is 0.0742. The molecule has 1 aliphatic rings. The van der Waals surface area contributed by atoms with Crippen LogP contribution in [0.5, 0.6) is 5.75 Å². The lowest BCUT2D eigenvalue weighted by Crippen LogP contribution is -2.38. The fraction of sp³-hybridized carbons (Fsp3) is 0.400. The first-order valence-electron chi connectivity index (χ1n) is 8.58. The summed E-state index contributed by atoms with van der Waals surface area (Å²) in [6, 6.07) is 13.8. The molecule has 2 aromatic rings. The van der Waals surface area contributed by atoms with E-state index in [0.717, 1.165) is 41.6 Å². The van der Waals surface area contributed by atoms with Gasteiger partial charge in [-0.3, -0.25) is 0 Å². The monoisotopic (exact) mass is 327 g/mol. The van der Waals surface area contributed by atoms with E-state index >= 15 is 0 Å². The molecule has 24 heavy (non-hydrogen) atoms. The zero-order valence-corrected chi connectivity index (χ0v) is 14.0. The number of benzene rings is 2. The number of nitrogens with one attached hydrogen (secondary N) is 1. The quantitative estimate of drug-likeness (QED) is 0.763. The number of aliphatic hydroxyl groups is 2. The topological polar surface area (TPSA) is 61.7 Å². The highest BCUT2D eigenvalue weighted by molar-refractivity contribution is 5.47. The van der Waals surface area contributed by atoms with Gasteiger partial charge < -0.3 is 20.3 Å². The highest BCUT2D eigenvalue weighted by Gasteiger charge is 2.29. The van der Waals surface area contributed by atoms with Gasteiger partial charge in [-0.25, -0.2) is 0 Å². The maximum atomic E-state index is 10.6. The molecule has 128 valence electrons. The van der Waals surface area contributed by atoms with Gasteiger partial charge in [0.1, 0.15) is 12.4 Å². The van der Waals surface area contributed by atoms with Crippen molar-refractivity contribution in [3.8, 4) is 5.75 Å². The molecule has 2 atom stereocenters. The van der Waals surface area contributed by atoms with Crippen LogP contribution < -0.4 is 10.1 Å². The van der Waals surface area contributed by atoms with Gasteiger partial charge >= 0.3 is 0 Å². The number of aliphatic hydroxyl groups excluding tert-OH is 2. The summed E-state index contributed by atoms with van der Waals surface area (Å²) in [7, 11) is 0. The first kappa shape index (κ1) is 17.0. The van der Waals surface area contributed by atoms with Crippen molar-refractivity contribution in [3.63, 3.8) is 0 Å². The Bertz CT molecular complexity index is 672. The van der Waals surface area contributed by atoms with E-state index in [1.54, 1.807) is 0 Å². The van der Waals surface area contributed by atoms with Crippen molar-refractivity contribution in [2.75, 3.05) is 6.54 Å². The first-order valence-corrected chi connectivity index (χ1v) is 8.58. The van der Waals surface area contributed by atoms with Crippen molar-refractivity contribution in [1.29, 1.82) is 0 Å². The molecule has 0 fully saturated rings. The molecule has 0 spiro atoms. The maximum Gasteiger partial charge on any atom is 0.125 e. The number of likely N-dealkylation sites (N-methyl/N-ethyl adjacent to an activating group) is 1. The molecular weight excluding hydrogens is 302 g/mol. The van der Waals surface area contributed by atoms with Crippen LogP contribution in [0, 0.1) is 0 Å². The summed E-state index contributed by atoms with van der Waals surface area (Å²) in [4.78, 5) is 0. The summed E-state index contributed by atoms with van der Waals surface area (Å²) >= 11 is 0. The fourth-order valence-corrected chi connectivity index (χ4v) is 3.46. The van der Waals surface area contributed by atoms with Crippen LogP contribution in [0.1, 0.15) is 41.7 Å². The van der Waals surface area contributed by atoms with Crippen LogP contribution in [0.2, 0.25) is 0 Å². The largest absolute Gasteiger partial charge is 0.489 e. The molecule has 0 radical (unpaired) electrons. The lowest BCUT2D eigenvalue weighted by Gasteiger charge is -2.32. The van der Waals surface area contributed by atoms with Gasteiger partial charge in [0.2, 0.25) is 0 Å². The Balaban J connectivity index is 1.83. The average Bonchev–Trinajstić information content (AvgIpc) is 2.62. The van der Waals surface area contributed by atoms with Gasteiger partial charge in [-0.15, -0.1) is 0 Å². The summed E-state index contributed by atoms with van der Waals surface area (Å²) in [5, 5.41) is 23.8. The number of ether oxygens (including phenoxy) is 1. The molecule has 0 saturated carbocycles. The van der Waals surface area contributed by atoms with Crippen LogP contribution in [0.3, 0.4) is 0 Å². The molecular formula is C20H25NO3. The Morgan fingerprint density at radius 2 is 1.96 bits per heavy atom. The minimum Gasteiger partial charge on any atom is -0.489 e. The van der Waals surface area contributed by atoms with Gasteiger partial charge in [-0.1, -0.05) is 43.3 Å². The van der Waals surface area contributed by atoms with E-state index in [0.29, 0.717) is 12.4 Å². The minimum atomic E-state index is -0.540. The van der Waals surface area contributed by atoms with E-state index in [-0.39, 0.29) is 12.6 Å². The molecule has 0 unspecified atom stereocenters. The van der Waals surface area contributed by atoms with Crippen molar-refractivity contribution in [2.45, 2.75) is 45.1 Å². The molecule has 3 rings (SSSR count). The number of fused-ring (bicyclic) bond motifs is 1. The second kappa shape index (κ2) is 7.79. The summed E-state index contributed by atoms with van der Waals surface area (Å²) in [6.07, 6.45) is 1.15. The van der Waals surface area contributed by atoms with Gasteiger partial charge in [0, 0.05) is 11.6 Å². The van der Waals surface area contributed by atoms with Crippen LogP contribution in [-0.2, 0) is 19.6 Å². The predicted octanol–water partition coefficient (Wildman–Crippen LogP) is 2.72. The summed E-state index contributed by atoms with van der Waals surface area (Å²) in [6.45, 7) is 3.27. The SMILES string of the molecule is CCN[C@@H]1CCc2c(ccc(OCc3ccccc3)c2CO)[C@H]1O. The molecule has 0 bridgehead atoms. The van der Waals surface area contributed by atoms with Crippen molar-refractivity contribution in [3.05, 3.63) is 64.7 Å². The van der Waals surface area contributed by atoms with Gasteiger partial charge in [0.05, 0.1) is 12.7 Å². The van der Waals surface area contributed by atoms with Crippen molar-refractivity contribution in [1.82, 2.24) is 5.32 Å². The lowest BCUT2D eigenvalue weighted by atomic mass is 9.83. The maximum absolute atomic E-state index is 10.6. The van der Waals surface area contributed by atoms with Crippen LogP contribution in [0.25, 0.3) is 0 Å². The van der Waals surface area contributed by atoms with Crippen LogP contribution >= 0.6 is 0 Å². The Labute approximate surface area is 143 Å². The first-order chi connectivity index (χ1) is 11.7. The smallest absolute Gasteiger partial charge is 0.125 e. The normalized spacial score (nSPS) is 19.8. The number of rotatable bonds is 6. The van der Waals surface area contributed by atoms with E-state index in [2.05, 4.69) is 5.32 Å². The van der Waals surface area contributed by atoms with Crippen molar-refractivity contribution in [2.24, 2.45) is 0 Å². The van der Waals surface area contributed by atoms with E-state index in [1.807, 2.05) is 49.4 Å². The Morgan fingerprint density at radius 3 is 2.67 bits per heavy atom. The third kappa shape index (κ3) is 3.46. The van der Waals surface area contributed by atoms with Gasteiger partial charge in [0.25, 0.3) is 0 Å². The van der Waals surface area contributed by atoms with Crippen molar-refractivity contribution >= 4 is 0 Å². The van der Waals surface area contributed by atoms with E-state index in [1.165, 1.54) is 0 Å². The molecule has 4 heteroatoms. The van der Waals surface area contributed by atoms with Gasteiger partial charge in [0.15, 0.2) is 0 Å². The van der Waals surface area contributed by atoms with Gasteiger partial charge in [-0.2, -0.15) is 0 Å². The van der Waals surface area contributed by atoms with Crippen LogP contribution in [0.4, 0.5) is 0 Å². The van der Waals surface area contributed by atoms with Crippen molar-refractivity contribution < 1.29 is 14.9 Å². The summed E-state index contributed by atoms with van der Waals surface area (Å²) < 4.78 is 5.93. The highest BCUT2D eigenvalue weighted by Crippen LogP contribution is 2.36. The molecule has 0 saturated heterocycles. The molecule has 0 heterocycles. The van der Waals surface area contributed by atoms with Crippen LogP contribution in [0.15, 0.2) is 42.5 Å². The standard InChI is InChI=1S/C20H25NO3/c1-2-21-18-10-8-15-16(20(18)23)9-11-19(17(15)12-22)24-13-14-6-4-3-5-7-14/h3-7,9,11,18,20-23H,2,8,10,12-13H2,1H3/t18-,20-/m1/s1. The van der Waals surface area contributed by atoms with E-state index in [9.17, 15) is 10.2 Å². The zero-order valence-electron chi connectivity index (χ0n) is 14.0.